The fourth-order valence-corrected chi connectivity index (χ4v) is 8.64. The van der Waals surface area contributed by atoms with E-state index in [1.807, 2.05) is 19.1 Å². The Bertz CT molecular complexity index is 2660. The monoisotopic (exact) mass is 1040 g/mol. The third kappa shape index (κ3) is 17.2. The number of nitrogens with zero attached hydrogens (tertiary/aromatic N) is 3. The largest absolute Gasteiger partial charge is 0.370 e. The van der Waals surface area contributed by atoms with Crippen molar-refractivity contribution in [3.8, 4) is 0 Å². The average molecular weight is 1040 g/mol. The third-order valence-corrected chi connectivity index (χ3v) is 12.6. The van der Waals surface area contributed by atoms with Crippen LogP contribution in [0.1, 0.15) is 88.5 Å². The van der Waals surface area contributed by atoms with E-state index in [1.54, 1.807) is 18.3 Å². The fraction of sp³-hybridized carbons (Fsp3) is 0.460. The summed E-state index contributed by atoms with van der Waals surface area (Å²) in [6, 6.07) is 1.59. The number of H-pyrrole nitrogens is 2. The van der Waals surface area contributed by atoms with Gasteiger partial charge in [0.05, 0.1) is 12.7 Å². The first kappa shape index (κ1) is 57.7. The van der Waals surface area contributed by atoms with Crippen molar-refractivity contribution in [2.24, 2.45) is 27.9 Å². The molecule has 2 aromatic carbocycles. The number of rotatable bonds is 21. The maximum atomic E-state index is 14.8. The van der Waals surface area contributed by atoms with Gasteiger partial charge in [-0.25, -0.2) is 9.37 Å². The molecular formula is C50H68FN15O9. The lowest BCUT2D eigenvalue weighted by molar-refractivity contribution is -0.151. The molecule has 3 heterocycles. The van der Waals surface area contributed by atoms with Gasteiger partial charge in [0.25, 0.3) is 0 Å². The molecule has 0 radical (unpaired) electrons. The van der Waals surface area contributed by atoms with E-state index in [9.17, 15) is 47.5 Å². The zero-order chi connectivity index (χ0) is 54.6. The van der Waals surface area contributed by atoms with Crippen molar-refractivity contribution in [1.29, 1.82) is 0 Å². The van der Waals surface area contributed by atoms with Crippen molar-refractivity contribution >= 4 is 70.0 Å². The van der Waals surface area contributed by atoms with Crippen LogP contribution in [0, 0.1) is 5.82 Å². The van der Waals surface area contributed by atoms with E-state index in [1.165, 1.54) is 24.7 Å². The first-order valence-corrected chi connectivity index (χ1v) is 24.8. The second kappa shape index (κ2) is 28.3. The summed E-state index contributed by atoms with van der Waals surface area (Å²) < 4.78 is 14.2. The van der Waals surface area contributed by atoms with Crippen LogP contribution >= 0.6 is 0 Å². The predicted octanol–water partition coefficient (Wildman–Crippen LogP) is -1.03. The van der Waals surface area contributed by atoms with E-state index in [2.05, 4.69) is 51.8 Å². The van der Waals surface area contributed by atoms with Gasteiger partial charge in [0.15, 0.2) is 5.96 Å². The van der Waals surface area contributed by atoms with Gasteiger partial charge in [-0.2, -0.15) is 0 Å². The number of imidazole rings is 1. The number of aromatic nitrogens is 3. The van der Waals surface area contributed by atoms with Gasteiger partial charge in [-0.15, -0.1) is 0 Å². The molecule has 5 rings (SSSR count). The van der Waals surface area contributed by atoms with Gasteiger partial charge in [-0.05, 0) is 74.4 Å². The lowest BCUT2D eigenvalue weighted by atomic mass is 10.0. The number of unbranched alkanes of at least 4 members (excludes halogenated alkanes) is 2. The number of hydrogen-bond donors (Lipinski definition) is 12. The maximum Gasteiger partial charge on any atom is 0.243 e. The van der Waals surface area contributed by atoms with Crippen LogP contribution in [-0.4, -0.2) is 134 Å². The number of benzene rings is 2. The zero-order valence-corrected chi connectivity index (χ0v) is 42.0. The number of imide groups is 1. The molecule has 4 aromatic rings. The van der Waals surface area contributed by atoms with E-state index in [-0.39, 0.29) is 70.4 Å². The van der Waals surface area contributed by atoms with E-state index in [0.29, 0.717) is 41.0 Å². The Kier molecular flexibility index (Phi) is 21.8. The van der Waals surface area contributed by atoms with Crippen molar-refractivity contribution in [2.45, 2.75) is 133 Å². The SMILES string of the molecule is CCCC[C@@H](C(N)=O)N(C(C)=O)C(=O)C[C@@H]1NC(=O)[C@H](CCCCN)NC(=O)[C@H](Cc2c[nH]c3ccccc23)NC(=O)[C@H](CCCN=C(N)N)NC(=O)[C@@H](Cc2ccc(F)cc2)NC(=O)[C@H](Cc2cnc[nH]2)NC1=O. The molecule has 1 aliphatic rings. The van der Waals surface area contributed by atoms with Crippen molar-refractivity contribution in [1.82, 2.24) is 51.8 Å². The summed E-state index contributed by atoms with van der Waals surface area (Å²) in [4.78, 5) is 143. The van der Waals surface area contributed by atoms with Crippen LogP contribution in [0.4, 0.5) is 4.39 Å². The highest BCUT2D eigenvalue weighted by Crippen LogP contribution is 2.20. The van der Waals surface area contributed by atoms with Crippen LogP contribution in [0.3, 0.4) is 0 Å². The topological polar surface area (TPSA) is 390 Å². The van der Waals surface area contributed by atoms with Gasteiger partial charge in [0.2, 0.25) is 53.2 Å². The number of carbonyl (C=O) groups excluding carboxylic acids is 9. The number of primary amides is 1. The van der Waals surface area contributed by atoms with Crippen LogP contribution < -0.4 is 54.8 Å². The molecule has 0 unspecified atom stereocenters. The Labute approximate surface area is 432 Å². The molecule has 0 aliphatic carbocycles. The molecule has 1 saturated heterocycles. The lowest BCUT2D eigenvalue weighted by Gasteiger charge is -2.31. The Morgan fingerprint density at radius 3 is 1.83 bits per heavy atom. The minimum absolute atomic E-state index is 0.00365. The normalized spacial score (nSPS) is 20.5. The second-order valence-corrected chi connectivity index (χ2v) is 18.3. The van der Waals surface area contributed by atoms with Crippen molar-refractivity contribution < 1.29 is 47.5 Å². The molecule has 2 aromatic heterocycles. The number of fused-ring (bicyclic) bond motifs is 1. The van der Waals surface area contributed by atoms with Crippen LogP contribution in [0.15, 0.2) is 72.2 Å². The van der Waals surface area contributed by atoms with Crippen molar-refractivity contribution in [3.63, 3.8) is 0 Å². The number of nitrogens with two attached hydrogens (primary N) is 4. The van der Waals surface area contributed by atoms with Gasteiger partial charge >= 0.3 is 0 Å². The summed E-state index contributed by atoms with van der Waals surface area (Å²) in [6.07, 6.45) is 4.30. The number of para-hydroxylation sites is 1. The minimum Gasteiger partial charge on any atom is -0.370 e. The fourth-order valence-electron chi connectivity index (χ4n) is 8.64. The highest BCUT2D eigenvalue weighted by molar-refractivity contribution is 6.03. The average Bonchev–Trinajstić information content (AvgIpc) is 4.05. The van der Waals surface area contributed by atoms with E-state index in [0.717, 1.165) is 30.0 Å². The Morgan fingerprint density at radius 1 is 0.693 bits per heavy atom. The molecule has 25 heteroatoms. The number of guanidine groups is 1. The molecule has 7 atom stereocenters. The van der Waals surface area contributed by atoms with Crippen molar-refractivity contribution in [3.05, 3.63) is 89.9 Å². The number of carbonyl (C=O) groups is 9. The smallest absolute Gasteiger partial charge is 0.243 e. The third-order valence-electron chi connectivity index (χ3n) is 12.6. The molecule has 0 spiro atoms. The van der Waals surface area contributed by atoms with Crippen molar-refractivity contribution in [2.75, 3.05) is 13.1 Å². The highest BCUT2D eigenvalue weighted by Gasteiger charge is 2.39. The van der Waals surface area contributed by atoms with Gasteiger partial charge in [-0.1, -0.05) is 50.1 Å². The summed E-state index contributed by atoms with van der Waals surface area (Å²) in [7, 11) is 0. The molecule has 16 N–H and O–H groups in total. The number of hydrogen-bond acceptors (Lipinski definition) is 12. The Balaban J connectivity index is 1.65. The highest BCUT2D eigenvalue weighted by atomic mass is 19.1. The minimum atomic E-state index is -1.89. The number of aromatic amines is 2. The summed E-state index contributed by atoms with van der Waals surface area (Å²) in [6.45, 7) is 3.11. The van der Waals surface area contributed by atoms with Crippen LogP contribution in [0.5, 0.6) is 0 Å². The van der Waals surface area contributed by atoms with E-state index in [4.69, 9.17) is 22.9 Å². The summed E-state index contributed by atoms with van der Waals surface area (Å²) >= 11 is 0. The van der Waals surface area contributed by atoms with E-state index < -0.39 is 108 Å². The van der Waals surface area contributed by atoms with Gasteiger partial charge < -0.3 is 64.8 Å². The molecule has 24 nitrogen and oxygen atoms in total. The molecule has 9 amide bonds. The summed E-state index contributed by atoms with van der Waals surface area (Å²) in [5.74, 6) is -9.39. The molecule has 1 fully saturated rings. The van der Waals surface area contributed by atoms with Crippen LogP contribution in [0.2, 0.25) is 0 Å². The van der Waals surface area contributed by atoms with Gasteiger partial charge in [-0.3, -0.25) is 53.0 Å². The first-order valence-electron chi connectivity index (χ1n) is 24.8. The molecule has 75 heavy (non-hydrogen) atoms. The first-order chi connectivity index (χ1) is 35.9. The lowest BCUT2D eigenvalue weighted by Crippen LogP contribution is -2.62. The number of aliphatic imine (C=N–C) groups is 1. The molecule has 0 bridgehead atoms. The summed E-state index contributed by atoms with van der Waals surface area (Å²) in [5, 5.41) is 16.7. The van der Waals surface area contributed by atoms with Crippen LogP contribution in [-0.2, 0) is 62.4 Å². The van der Waals surface area contributed by atoms with Crippen LogP contribution in [0.25, 0.3) is 10.9 Å². The Morgan fingerprint density at radius 2 is 1.25 bits per heavy atom. The number of nitrogens with one attached hydrogen (secondary N) is 8. The molecule has 0 saturated carbocycles. The maximum absolute atomic E-state index is 14.8. The van der Waals surface area contributed by atoms with Gasteiger partial charge in [0.1, 0.15) is 48.1 Å². The molecule has 1 aliphatic heterocycles. The number of halogens is 1. The standard InChI is InChI=1S/C50H68FN15O9/c1-3-4-14-41(43(53)69)66(28(2)67)42(68)24-40-49(75)64-39(23-32-26-56-27-59-32)48(74)62-37(21-29-15-17-31(51)18-16-29)46(72)61-36(13-9-20-57-50(54)55)45(71)63-38(22-30-25-58-34-11-6-5-10-33(30)34)47(73)60-35(44(70)65-40)12-7-8-19-52/h5-6,10-11,15-18,25-27,35-41,58H,3-4,7-9,12-14,19-24,52H2,1-2H3,(H2,53,69)(H,56,59)(H,60,73)(H,61,72)(H,62,74)(H,63,71)(H,64,75)(H,65,70)(H4,54,55,57)/t35-,36-,37+,38-,39-,40-,41-/m0/s1. The molecule has 404 valence electrons. The Hall–Kier alpha value is -8.22. The molecular weight excluding hydrogens is 974 g/mol. The number of amides is 9. The quantitative estimate of drug-likeness (QED) is 0.0270. The predicted molar refractivity (Wildman–Crippen MR) is 273 cm³/mol. The summed E-state index contributed by atoms with van der Waals surface area (Å²) in [5.41, 5.74) is 24.7. The van der Waals surface area contributed by atoms with Gasteiger partial charge in [0, 0.05) is 61.7 Å². The van der Waals surface area contributed by atoms with E-state index >= 15 is 0 Å². The second-order valence-electron chi connectivity index (χ2n) is 18.3. The zero-order valence-electron chi connectivity index (χ0n) is 42.0.